The molecular weight excluding hydrogens is 266 g/mol. The molecule has 3 rings (SSSR count). The van der Waals surface area contributed by atoms with Crippen molar-refractivity contribution >= 4 is 23.5 Å². The molecular formula is C21H25N. The SMILES string of the molecule is CC(C)CCCCN1c2ccccc2C=Cc2ccccc21. The number of fused-ring (bicyclic) bond motifs is 2. The fourth-order valence-corrected chi connectivity index (χ4v) is 3.12. The highest BCUT2D eigenvalue weighted by molar-refractivity contribution is 5.88. The Balaban J connectivity index is 1.88. The van der Waals surface area contributed by atoms with Crippen molar-refractivity contribution in [2.45, 2.75) is 33.1 Å². The summed E-state index contributed by atoms with van der Waals surface area (Å²) in [6.45, 7) is 5.70. The van der Waals surface area contributed by atoms with Crippen LogP contribution >= 0.6 is 0 Å². The van der Waals surface area contributed by atoms with Crippen LogP contribution in [0.3, 0.4) is 0 Å². The first-order valence-electron chi connectivity index (χ1n) is 8.39. The molecule has 0 bridgehead atoms. The van der Waals surface area contributed by atoms with Gasteiger partial charge in [-0.15, -0.1) is 0 Å². The Bertz CT molecular complexity index is 605. The fraction of sp³-hybridized carbons (Fsp3) is 0.333. The lowest BCUT2D eigenvalue weighted by atomic mass is 10.1. The van der Waals surface area contributed by atoms with Gasteiger partial charge in [0.2, 0.25) is 0 Å². The van der Waals surface area contributed by atoms with E-state index in [1.54, 1.807) is 0 Å². The van der Waals surface area contributed by atoms with Crippen LogP contribution in [0, 0.1) is 5.92 Å². The molecule has 0 unspecified atom stereocenters. The number of hydrogen-bond acceptors (Lipinski definition) is 1. The van der Waals surface area contributed by atoms with Crippen molar-refractivity contribution in [3.8, 4) is 0 Å². The zero-order chi connectivity index (χ0) is 15.4. The van der Waals surface area contributed by atoms with Crippen molar-refractivity contribution in [1.82, 2.24) is 0 Å². The van der Waals surface area contributed by atoms with Gasteiger partial charge >= 0.3 is 0 Å². The second kappa shape index (κ2) is 6.83. The number of hydrogen-bond donors (Lipinski definition) is 0. The molecule has 0 amide bonds. The Morgan fingerprint density at radius 1 is 0.773 bits per heavy atom. The lowest BCUT2D eigenvalue weighted by molar-refractivity contribution is 0.540. The van der Waals surface area contributed by atoms with Crippen molar-refractivity contribution in [2.24, 2.45) is 5.92 Å². The summed E-state index contributed by atoms with van der Waals surface area (Å²) in [6.07, 6.45) is 8.33. The molecule has 1 aliphatic rings. The molecule has 0 N–H and O–H groups in total. The minimum absolute atomic E-state index is 0.797. The zero-order valence-corrected chi connectivity index (χ0v) is 13.6. The summed E-state index contributed by atoms with van der Waals surface area (Å²) >= 11 is 0. The maximum atomic E-state index is 2.49. The van der Waals surface area contributed by atoms with E-state index in [-0.39, 0.29) is 0 Å². The molecule has 1 heteroatoms. The van der Waals surface area contributed by atoms with E-state index in [2.05, 4.69) is 79.4 Å². The molecule has 0 spiro atoms. The number of para-hydroxylation sites is 2. The van der Waals surface area contributed by atoms with Crippen LogP contribution in [0.5, 0.6) is 0 Å². The maximum Gasteiger partial charge on any atom is 0.0484 e. The highest BCUT2D eigenvalue weighted by Gasteiger charge is 2.16. The highest BCUT2D eigenvalue weighted by atomic mass is 15.1. The van der Waals surface area contributed by atoms with Crippen LogP contribution in [0.4, 0.5) is 11.4 Å². The Morgan fingerprint density at radius 2 is 1.32 bits per heavy atom. The molecule has 0 saturated heterocycles. The van der Waals surface area contributed by atoms with Gasteiger partial charge in [0, 0.05) is 17.9 Å². The van der Waals surface area contributed by atoms with Crippen LogP contribution in [0.25, 0.3) is 12.2 Å². The van der Waals surface area contributed by atoms with Crippen LogP contribution in [-0.4, -0.2) is 6.54 Å². The number of nitrogens with zero attached hydrogens (tertiary/aromatic N) is 1. The Hall–Kier alpha value is -2.02. The van der Waals surface area contributed by atoms with Gasteiger partial charge in [-0.1, -0.05) is 75.2 Å². The number of anilines is 2. The van der Waals surface area contributed by atoms with Crippen molar-refractivity contribution in [1.29, 1.82) is 0 Å². The first-order valence-corrected chi connectivity index (χ1v) is 8.39. The average Bonchev–Trinajstić information content (AvgIpc) is 2.69. The smallest absolute Gasteiger partial charge is 0.0484 e. The standard InChI is InChI=1S/C21H25N/c1-17(2)9-7-8-16-22-20-12-5-3-10-18(20)14-15-19-11-4-6-13-21(19)22/h3-6,10-15,17H,7-9,16H2,1-2H3. The molecule has 114 valence electrons. The van der Waals surface area contributed by atoms with Gasteiger partial charge in [-0.25, -0.2) is 0 Å². The molecule has 22 heavy (non-hydrogen) atoms. The van der Waals surface area contributed by atoms with Crippen molar-refractivity contribution in [2.75, 3.05) is 11.4 Å². The highest BCUT2D eigenvalue weighted by Crippen LogP contribution is 2.36. The van der Waals surface area contributed by atoms with E-state index in [0.717, 1.165) is 12.5 Å². The summed E-state index contributed by atoms with van der Waals surface area (Å²) in [5, 5.41) is 0. The van der Waals surface area contributed by atoms with E-state index in [1.807, 2.05) is 0 Å². The second-order valence-corrected chi connectivity index (χ2v) is 6.49. The summed E-state index contributed by atoms with van der Waals surface area (Å²) in [5.41, 5.74) is 5.27. The molecule has 1 aliphatic heterocycles. The predicted octanol–water partition coefficient (Wildman–Crippen LogP) is 6.13. The number of unbranched alkanes of at least 4 members (excludes halogenated alkanes) is 1. The molecule has 1 nitrogen and oxygen atoms in total. The van der Waals surface area contributed by atoms with Gasteiger partial charge in [0.05, 0.1) is 0 Å². The van der Waals surface area contributed by atoms with Gasteiger partial charge in [0.15, 0.2) is 0 Å². The molecule has 0 radical (unpaired) electrons. The molecule has 0 aromatic heterocycles. The maximum absolute atomic E-state index is 2.49. The lowest BCUT2D eigenvalue weighted by Gasteiger charge is -2.27. The third-order valence-electron chi connectivity index (χ3n) is 4.31. The van der Waals surface area contributed by atoms with Gasteiger partial charge in [0.25, 0.3) is 0 Å². The van der Waals surface area contributed by atoms with E-state index in [9.17, 15) is 0 Å². The second-order valence-electron chi connectivity index (χ2n) is 6.49. The summed E-state index contributed by atoms with van der Waals surface area (Å²) in [7, 11) is 0. The zero-order valence-electron chi connectivity index (χ0n) is 13.6. The molecule has 0 saturated carbocycles. The number of benzene rings is 2. The van der Waals surface area contributed by atoms with Crippen molar-refractivity contribution in [3.05, 3.63) is 59.7 Å². The minimum Gasteiger partial charge on any atom is -0.341 e. The normalized spacial score (nSPS) is 13.0. The van der Waals surface area contributed by atoms with E-state index in [1.165, 1.54) is 41.8 Å². The summed E-state index contributed by atoms with van der Waals surface area (Å²) < 4.78 is 0. The molecule has 2 aromatic rings. The lowest BCUT2D eigenvalue weighted by Crippen LogP contribution is -2.19. The molecule has 0 fully saturated rings. The summed E-state index contributed by atoms with van der Waals surface area (Å²) in [4.78, 5) is 2.49. The van der Waals surface area contributed by atoms with E-state index in [4.69, 9.17) is 0 Å². The van der Waals surface area contributed by atoms with Crippen LogP contribution in [-0.2, 0) is 0 Å². The average molecular weight is 291 g/mol. The predicted molar refractivity (Wildman–Crippen MR) is 97.5 cm³/mol. The van der Waals surface area contributed by atoms with E-state index in [0.29, 0.717) is 0 Å². The van der Waals surface area contributed by atoms with E-state index >= 15 is 0 Å². The topological polar surface area (TPSA) is 3.24 Å². The Labute approximate surface area is 134 Å². The van der Waals surface area contributed by atoms with Gasteiger partial charge in [-0.05, 0) is 35.6 Å². The largest absolute Gasteiger partial charge is 0.341 e. The van der Waals surface area contributed by atoms with Crippen LogP contribution < -0.4 is 4.90 Å². The Morgan fingerprint density at radius 3 is 1.86 bits per heavy atom. The third-order valence-corrected chi connectivity index (χ3v) is 4.31. The van der Waals surface area contributed by atoms with Crippen LogP contribution in [0.1, 0.15) is 44.2 Å². The summed E-state index contributed by atoms with van der Waals surface area (Å²) in [6, 6.07) is 17.4. The molecule has 0 aliphatic carbocycles. The summed E-state index contributed by atoms with van der Waals surface area (Å²) in [5.74, 6) is 0.797. The van der Waals surface area contributed by atoms with Crippen molar-refractivity contribution < 1.29 is 0 Å². The van der Waals surface area contributed by atoms with Gasteiger partial charge in [-0.3, -0.25) is 0 Å². The third kappa shape index (κ3) is 3.24. The molecule has 1 heterocycles. The Kier molecular flexibility index (Phi) is 4.62. The van der Waals surface area contributed by atoms with Crippen molar-refractivity contribution in [3.63, 3.8) is 0 Å². The van der Waals surface area contributed by atoms with Crippen LogP contribution in [0.2, 0.25) is 0 Å². The van der Waals surface area contributed by atoms with Gasteiger partial charge in [0.1, 0.15) is 0 Å². The number of rotatable bonds is 5. The van der Waals surface area contributed by atoms with Crippen LogP contribution in [0.15, 0.2) is 48.5 Å². The van der Waals surface area contributed by atoms with Gasteiger partial charge < -0.3 is 4.90 Å². The minimum atomic E-state index is 0.797. The first-order chi connectivity index (χ1) is 10.8. The molecule has 0 atom stereocenters. The quantitative estimate of drug-likeness (QED) is 0.598. The van der Waals surface area contributed by atoms with Gasteiger partial charge in [-0.2, -0.15) is 0 Å². The monoisotopic (exact) mass is 291 g/mol. The fourth-order valence-electron chi connectivity index (χ4n) is 3.12. The van der Waals surface area contributed by atoms with E-state index < -0.39 is 0 Å². The molecule has 2 aromatic carbocycles. The first kappa shape index (κ1) is 14.9.